The van der Waals surface area contributed by atoms with Crippen molar-refractivity contribution in [3.63, 3.8) is 0 Å². The van der Waals surface area contributed by atoms with Gasteiger partial charge in [-0.15, -0.1) is 0 Å². The van der Waals surface area contributed by atoms with Gasteiger partial charge in [0.2, 0.25) is 11.8 Å². The number of fused-ring (bicyclic) bond motifs is 1. The summed E-state index contributed by atoms with van der Waals surface area (Å²) in [6.45, 7) is 0. The molecule has 0 saturated heterocycles. The standard InChI is InChI=1S/C28H23N7O2/c29-27(37)24(16-26(36)32-21-11-10-18-6-1-2-7-19(18)14-21)33-25-15-23(20-8-5-12-30-17-20)34-28(35-25)22-9-3-4-13-31-22/h1-15,17,24H,16H2,(H2,29,37)(H,32,36)(H,33,34,35). The Morgan fingerprint density at radius 3 is 2.43 bits per heavy atom. The zero-order chi connectivity index (χ0) is 25.6. The van der Waals surface area contributed by atoms with E-state index in [0.717, 1.165) is 16.3 Å². The Bertz CT molecular complexity index is 1500. The minimum Gasteiger partial charge on any atom is -0.368 e. The zero-order valence-electron chi connectivity index (χ0n) is 19.7. The van der Waals surface area contributed by atoms with Crippen molar-refractivity contribution in [2.24, 2.45) is 5.73 Å². The molecule has 0 aliphatic carbocycles. The topological polar surface area (TPSA) is 136 Å². The normalized spacial score (nSPS) is 11.6. The van der Waals surface area contributed by atoms with E-state index in [0.29, 0.717) is 28.7 Å². The van der Waals surface area contributed by atoms with Gasteiger partial charge in [-0.3, -0.25) is 19.6 Å². The molecule has 1 atom stereocenters. The lowest BCUT2D eigenvalue weighted by atomic mass is 10.1. The first kappa shape index (κ1) is 23.6. The van der Waals surface area contributed by atoms with Crippen molar-refractivity contribution in [2.75, 3.05) is 10.6 Å². The predicted octanol–water partition coefficient (Wildman–Crippen LogP) is 4.05. The fourth-order valence-corrected chi connectivity index (χ4v) is 3.86. The molecule has 2 amide bonds. The summed E-state index contributed by atoms with van der Waals surface area (Å²) in [6.07, 6.45) is 4.80. The van der Waals surface area contributed by atoms with Crippen molar-refractivity contribution in [3.05, 3.63) is 97.5 Å². The molecule has 37 heavy (non-hydrogen) atoms. The molecule has 0 radical (unpaired) electrons. The van der Waals surface area contributed by atoms with Gasteiger partial charge in [-0.25, -0.2) is 9.97 Å². The first-order valence-electron chi connectivity index (χ1n) is 11.6. The van der Waals surface area contributed by atoms with Crippen molar-refractivity contribution in [1.29, 1.82) is 0 Å². The van der Waals surface area contributed by atoms with Crippen LogP contribution in [0.2, 0.25) is 0 Å². The first-order valence-corrected chi connectivity index (χ1v) is 11.6. The number of anilines is 2. The van der Waals surface area contributed by atoms with Crippen LogP contribution in [0, 0.1) is 0 Å². The largest absolute Gasteiger partial charge is 0.368 e. The highest BCUT2D eigenvalue weighted by molar-refractivity contribution is 5.98. The van der Waals surface area contributed by atoms with Crippen LogP contribution in [0.5, 0.6) is 0 Å². The van der Waals surface area contributed by atoms with Crippen LogP contribution in [0.25, 0.3) is 33.5 Å². The fourth-order valence-electron chi connectivity index (χ4n) is 3.86. The fraction of sp³-hybridized carbons (Fsp3) is 0.0714. The Morgan fingerprint density at radius 1 is 0.838 bits per heavy atom. The highest BCUT2D eigenvalue weighted by atomic mass is 16.2. The average molecular weight is 490 g/mol. The van der Waals surface area contributed by atoms with E-state index in [9.17, 15) is 9.59 Å². The molecular formula is C28H23N7O2. The number of rotatable bonds is 8. The van der Waals surface area contributed by atoms with Crippen LogP contribution in [-0.4, -0.2) is 37.8 Å². The summed E-state index contributed by atoms with van der Waals surface area (Å²) >= 11 is 0. The maximum Gasteiger partial charge on any atom is 0.240 e. The Balaban J connectivity index is 1.39. The first-order chi connectivity index (χ1) is 18.0. The van der Waals surface area contributed by atoms with Gasteiger partial charge in [0.15, 0.2) is 5.82 Å². The van der Waals surface area contributed by atoms with Gasteiger partial charge in [0.1, 0.15) is 17.6 Å². The zero-order valence-corrected chi connectivity index (χ0v) is 19.7. The minimum atomic E-state index is -1.01. The van der Waals surface area contributed by atoms with E-state index in [1.165, 1.54) is 0 Å². The van der Waals surface area contributed by atoms with E-state index in [4.69, 9.17) is 5.73 Å². The molecule has 4 N–H and O–H groups in total. The van der Waals surface area contributed by atoms with E-state index < -0.39 is 11.9 Å². The summed E-state index contributed by atoms with van der Waals surface area (Å²) in [7, 11) is 0. The number of amides is 2. The Kier molecular flexibility index (Phi) is 6.76. The summed E-state index contributed by atoms with van der Waals surface area (Å²) in [5, 5.41) is 7.91. The molecule has 0 bridgehead atoms. The third-order valence-corrected chi connectivity index (χ3v) is 5.67. The Labute approximate surface area is 212 Å². The molecule has 0 aliphatic heterocycles. The van der Waals surface area contributed by atoms with E-state index in [2.05, 4.69) is 30.6 Å². The van der Waals surface area contributed by atoms with Crippen LogP contribution in [0.15, 0.2) is 97.5 Å². The lowest BCUT2D eigenvalue weighted by molar-refractivity contribution is -0.123. The van der Waals surface area contributed by atoms with Gasteiger partial charge in [0, 0.05) is 35.9 Å². The van der Waals surface area contributed by atoms with Crippen LogP contribution in [-0.2, 0) is 9.59 Å². The Morgan fingerprint density at radius 2 is 1.68 bits per heavy atom. The molecule has 5 aromatic rings. The van der Waals surface area contributed by atoms with Crippen molar-refractivity contribution < 1.29 is 9.59 Å². The summed E-state index contributed by atoms with van der Waals surface area (Å²) in [5.41, 5.74) is 8.18. The monoisotopic (exact) mass is 489 g/mol. The molecule has 0 fully saturated rings. The van der Waals surface area contributed by atoms with Gasteiger partial charge in [-0.2, -0.15) is 0 Å². The average Bonchev–Trinajstić information content (AvgIpc) is 2.93. The molecule has 0 aliphatic rings. The SMILES string of the molecule is NC(=O)C(CC(=O)Nc1ccc2ccccc2c1)Nc1cc(-c2cccnc2)nc(-c2ccccn2)n1. The number of primary amides is 1. The van der Waals surface area contributed by atoms with Crippen molar-refractivity contribution >= 4 is 34.1 Å². The number of hydrogen-bond donors (Lipinski definition) is 3. The van der Waals surface area contributed by atoms with Gasteiger partial charge in [0.05, 0.1) is 12.1 Å². The number of nitrogens with two attached hydrogens (primary N) is 1. The van der Waals surface area contributed by atoms with Crippen LogP contribution < -0.4 is 16.4 Å². The van der Waals surface area contributed by atoms with E-state index in [-0.39, 0.29) is 12.3 Å². The Hall–Kier alpha value is -5.18. The number of carbonyl (C=O) groups excluding carboxylic acids is 2. The quantitative estimate of drug-likeness (QED) is 0.299. The van der Waals surface area contributed by atoms with Gasteiger partial charge >= 0.3 is 0 Å². The minimum absolute atomic E-state index is 0.187. The highest BCUT2D eigenvalue weighted by Gasteiger charge is 2.21. The van der Waals surface area contributed by atoms with Gasteiger partial charge in [0.25, 0.3) is 0 Å². The maximum atomic E-state index is 12.8. The summed E-state index contributed by atoms with van der Waals surface area (Å²) < 4.78 is 0. The summed E-state index contributed by atoms with van der Waals surface area (Å²) in [5.74, 6) is -0.363. The number of hydrogen-bond acceptors (Lipinski definition) is 7. The maximum absolute atomic E-state index is 12.8. The van der Waals surface area contributed by atoms with E-state index in [1.54, 1.807) is 42.9 Å². The number of nitrogens with zero attached hydrogens (tertiary/aromatic N) is 4. The summed E-state index contributed by atoms with van der Waals surface area (Å²) in [4.78, 5) is 42.8. The van der Waals surface area contributed by atoms with Crippen molar-refractivity contribution in [3.8, 4) is 22.8 Å². The predicted molar refractivity (Wildman–Crippen MR) is 142 cm³/mol. The molecule has 9 nitrogen and oxygen atoms in total. The van der Waals surface area contributed by atoms with Gasteiger partial charge in [-0.1, -0.05) is 36.4 Å². The molecule has 3 heterocycles. The number of aromatic nitrogens is 4. The third-order valence-electron chi connectivity index (χ3n) is 5.67. The van der Waals surface area contributed by atoms with Crippen LogP contribution in [0.1, 0.15) is 6.42 Å². The lowest BCUT2D eigenvalue weighted by Crippen LogP contribution is -2.38. The van der Waals surface area contributed by atoms with Gasteiger partial charge in [-0.05, 0) is 47.2 Å². The van der Waals surface area contributed by atoms with Crippen LogP contribution >= 0.6 is 0 Å². The molecule has 1 unspecified atom stereocenters. The second-order valence-electron chi connectivity index (χ2n) is 8.33. The second kappa shape index (κ2) is 10.6. The summed E-state index contributed by atoms with van der Waals surface area (Å²) in [6, 6.07) is 23.2. The molecule has 2 aromatic carbocycles. The molecule has 5 rings (SSSR count). The molecule has 0 saturated carbocycles. The van der Waals surface area contributed by atoms with Crippen LogP contribution in [0.3, 0.4) is 0 Å². The molecule has 9 heteroatoms. The molecule has 0 spiro atoms. The number of carbonyl (C=O) groups is 2. The number of benzene rings is 2. The lowest BCUT2D eigenvalue weighted by Gasteiger charge is -2.17. The van der Waals surface area contributed by atoms with Crippen LogP contribution in [0.4, 0.5) is 11.5 Å². The number of pyridine rings is 2. The smallest absolute Gasteiger partial charge is 0.240 e. The van der Waals surface area contributed by atoms with Crippen molar-refractivity contribution in [2.45, 2.75) is 12.5 Å². The second-order valence-corrected chi connectivity index (χ2v) is 8.33. The van der Waals surface area contributed by atoms with Gasteiger partial charge < -0.3 is 16.4 Å². The van der Waals surface area contributed by atoms with E-state index in [1.807, 2.05) is 54.6 Å². The third kappa shape index (κ3) is 5.73. The number of nitrogens with one attached hydrogen (secondary N) is 2. The molecular weight excluding hydrogens is 466 g/mol. The van der Waals surface area contributed by atoms with Crippen molar-refractivity contribution in [1.82, 2.24) is 19.9 Å². The van der Waals surface area contributed by atoms with E-state index >= 15 is 0 Å². The molecule has 3 aromatic heterocycles. The molecule has 182 valence electrons. The highest BCUT2D eigenvalue weighted by Crippen LogP contribution is 2.24.